The average Bonchev–Trinajstić information content (AvgIpc) is 2.84. The fourth-order valence-corrected chi connectivity index (χ4v) is 2.98. The van der Waals surface area contributed by atoms with Crippen molar-refractivity contribution in [3.8, 4) is 35.2 Å². The summed E-state index contributed by atoms with van der Waals surface area (Å²) in [7, 11) is 0. The van der Waals surface area contributed by atoms with Crippen LogP contribution in [0.5, 0.6) is 11.5 Å². The highest BCUT2D eigenvalue weighted by Crippen LogP contribution is 2.25. The van der Waals surface area contributed by atoms with Crippen molar-refractivity contribution in [1.82, 2.24) is 5.32 Å². The fourth-order valence-electron chi connectivity index (χ4n) is 2.98. The van der Waals surface area contributed by atoms with Crippen LogP contribution in [0, 0.1) is 23.7 Å². The number of amides is 1. The van der Waals surface area contributed by atoms with Crippen molar-refractivity contribution in [2.45, 2.75) is 69.4 Å². The smallest absolute Gasteiger partial charge is 0.244 e. The Morgan fingerprint density at radius 2 is 1.69 bits per heavy atom. The van der Waals surface area contributed by atoms with Gasteiger partial charge in [-0.1, -0.05) is 56.2 Å². The van der Waals surface area contributed by atoms with Crippen molar-refractivity contribution >= 4 is 12.0 Å². The second kappa shape index (κ2) is 17.2. The molecule has 1 rings (SSSR count). The molecule has 1 aromatic rings. The van der Waals surface area contributed by atoms with Gasteiger partial charge in [-0.2, -0.15) is 0 Å². The molecule has 0 aromatic heterocycles. The minimum atomic E-state index is -0.965. The van der Waals surface area contributed by atoms with E-state index in [4.69, 9.17) is 5.11 Å². The number of unbranched alkanes of at least 4 members (excludes halogenated alkanes) is 3. The first-order valence-corrected chi connectivity index (χ1v) is 11.5. The third-order valence-electron chi connectivity index (χ3n) is 5.08. The first kappa shape index (κ1) is 29.8. The van der Waals surface area contributed by atoms with Gasteiger partial charge < -0.3 is 36.0 Å². The molecule has 0 bridgehead atoms. The van der Waals surface area contributed by atoms with E-state index in [9.17, 15) is 30.3 Å². The number of aromatic hydroxyl groups is 2. The predicted molar refractivity (Wildman–Crippen MR) is 134 cm³/mol. The van der Waals surface area contributed by atoms with E-state index in [1.807, 2.05) is 0 Å². The van der Waals surface area contributed by atoms with Crippen molar-refractivity contribution < 1.29 is 35.4 Å². The van der Waals surface area contributed by atoms with E-state index in [0.717, 1.165) is 25.7 Å². The summed E-state index contributed by atoms with van der Waals surface area (Å²) < 4.78 is 0. The predicted octanol–water partition coefficient (Wildman–Crippen LogP) is 1.59. The molecule has 1 amide bonds. The Morgan fingerprint density at radius 3 is 2.37 bits per heavy atom. The van der Waals surface area contributed by atoms with Gasteiger partial charge in [-0.05, 0) is 48.5 Å². The quantitative estimate of drug-likeness (QED) is 0.0695. The minimum absolute atomic E-state index is 0.0878. The number of phenols is 2. The van der Waals surface area contributed by atoms with Crippen LogP contribution in [0.1, 0.15) is 50.5 Å². The van der Waals surface area contributed by atoms with E-state index in [0.29, 0.717) is 18.4 Å². The summed E-state index contributed by atoms with van der Waals surface area (Å²) in [5.41, 5.74) is 0.552. The molecule has 4 atom stereocenters. The molecule has 0 aliphatic carbocycles. The van der Waals surface area contributed by atoms with E-state index in [1.54, 1.807) is 6.07 Å². The molecule has 0 saturated carbocycles. The van der Waals surface area contributed by atoms with Gasteiger partial charge in [-0.3, -0.25) is 4.79 Å². The number of carbonyl (C=O) groups is 1. The molecule has 0 spiro atoms. The molecule has 7 N–H and O–H groups in total. The highest BCUT2D eigenvalue weighted by atomic mass is 16.3. The zero-order valence-electron chi connectivity index (χ0n) is 19.7. The van der Waals surface area contributed by atoms with Gasteiger partial charge in [0.2, 0.25) is 5.91 Å². The van der Waals surface area contributed by atoms with E-state index < -0.39 is 24.4 Å². The van der Waals surface area contributed by atoms with E-state index in [2.05, 4.69) is 35.6 Å². The van der Waals surface area contributed by atoms with Crippen LogP contribution in [-0.2, 0) is 4.79 Å². The first-order valence-electron chi connectivity index (χ1n) is 11.5. The number of hydrogen-bond acceptors (Lipinski definition) is 7. The van der Waals surface area contributed by atoms with Crippen LogP contribution in [0.25, 0.3) is 6.08 Å². The van der Waals surface area contributed by atoms with Gasteiger partial charge in [-0.25, -0.2) is 0 Å². The van der Waals surface area contributed by atoms with Crippen LogP contribution in [-0.4, -0.2) is 67.5 Å². The molecule has 8 nitrogen and oxygen atoms in total. The standard InChI is InChI=1S/C27H35NO7/c1-2-21(29)10-7-5-9-13-24(32)23(31)12-8-4-3-6-11-22(30)19-28-27(35)17-15-20-14-16-25(33)26(34)18-20/h2,14-18,21-24,29-34H,1,3-4,6,8,11-13,19H2,(H,28,35)/t21-,22-,23+,24+/m0/s1. The van der Waals surface area contributed by atoms with Crippen LogP contribution in [0.4, 0.5) is 0 Å². The zero-order valence-corrected chi connectivity index (χ0v) is 19.7. The highest BCUT2D eigenvalue weighted by Gasteiger charge is 2.14. The summed E-state index contributed by atoms with van der Waals surface area (Å²) in [6.07, 6.45) is 4.82. The van der Waals surface area contributed by atoms with Crippen LogP contribution < -0.4 is 5.32 Å². The van der Waals surface area contributed by atoms with Gasteiger partial charge >= 0.3 is 0 Å². The number of aliphatic hydroxyl groups excluding tert-OH is 4. The summed E-state index contributed by atoms with van der Waals surface area (Å²) in [4.78, 5) is 11.9. The van der Waals surface area contributed by atoms with Gasteiger partial charge in [0.15, 0.2) is 11.5 Å². The maximum atomic E-state index is 11.9. The number of carbonyl (C=O) groups excluding carboxylic acids is 1. The van der Waals surface area contributed by atoms with Crippen LogP contribution in [0.2, 0.25) is 0 Å². The lowest BCUT2D eigenvalue weighted by atomic mass is 10.0. The molecule has 1 aromatic carbocycles. The molecule has 0 radical (unpaired) electrons. The molecule has 0 fully saturated rings. The maximum absolute atomic E-state index is 11.9. The molecule has 8 heteroatoms. The molecule has 0 heterocycles. The van der Waals surface area contributed by atoms with Crippen molar-refractivity contribution in [3.05, 3.63) is 42.5 Å². The fraction of sp³-hybridized carbons (Fsp3) is 0.444. The zero-order chi connectivity index (χ0) is 26.1. The Morgan fingerprint density at radius 1 is 0.971 bits per heavy atom. The monoisotopic (exact) mass is 485 g/mol. The van der Waals surface area contributed by atoms with Crippen LogP contribution >= 0.6 is 0 Å². The van der Waals surface area contributed by atoms with E-state index in [1.165, 1.54) is 30.4 Å². The summed E-state index contributed by atoms with van der Waals surface area (Å²) in [5.74, 6) is 9.15. The van der Waals surface area contributed by atoms with Crippen LogP contribution in [0.15, 0.2) is 36.9 Å². The second-order valence-corrected chi connectivity index (χ2v) is 8.06. The molecule has 0 aliphatic heterocycles. The number of hydrogen-bond donors (Lipinski definition) is 7. The Hall–Kier alpha value is -3.27. The highest BCUT2D eigenvalue weighted by molar-refractivity contribution is 5.91. The number of nitrogens with one attached hydrogen (secondary N) is 1. The largest absolute Gasteiger partial charge is 0.504 e. The molecule has 35 heavy (non-hydrogen) atoms. The third kappa shape index (κ3) is 13.9. The first-order chi connectivity index (χ1) is 16.7. The lowest BCUT2D eigenvalue weighted by Crippen LogP contribution is -2.30. The normalized spacial score (nSPS) is 14.1. The number of benzene rings is 1. The Balaban J connectivity index is 2.13. The maximum Gasteiger partial charge on any atom is 0.244 e. The van der Waals surface area contributed by atoms with Crippen LogP contribution in [0.3, 0.4) is 0 Å². The molecule has 0 aliphatic rings. The minimum Gasteiger partial charge on any atom is -0.504 e. The summed E-state index contributed by atoms with van der Waals surface area (Å²) >= 11 is 0. The Bertz CT molecular complexity index is 952. The SMILES string of the molecule is C=C[C@H](O)C#CC#CC[C@@H](O)[C@H](O)CCCCCC[C@H](O)CNC(=O)C=Cc1ccc(O)c(O)c1. The van der Waals surface area contributed by atoms with E-state index >= 15 is 0 Å². The van der Waals surface area contributed by atoms with Gasteiger partial charge in [0.1, 0.15) is 6.10 Å². The van der Waals surface area contributed by atoms with Gasteiger partial charge in [0.25, 0.3) is 0 Å². The number of aliphatic hydroxyl groups is 4. The average molecular weight is 486 g/mol. The lowest BCUT2D eigenvalue weighted by molar-refractivity contribution is -0.116. The molecule has 0 saturated heterocycles. The van der Waals surface area contributed by atoms with Crippen molar-refractivity contribution in [2.24, 2.45) is 0 Å². The molecular weight excluding hydrogens is 450 g/mol. The third-order valence-corrected chi connectivity index (χ3v) is 5.08. The second-order valence-electron chi connectivity index (χ2n) is 8.06. The van der Waals surface area contributed by atoms with Crippen molar-refractivity contribution in [3.63, 3.8) is 0 Å². The van der Waals surface area contributed by atoms with Gasteiger partial charge in [0.05, 0.1) is 18.3 Å². The summed E-state index contributed by atoms with van der Waals surface area (Å²) in [6, 6.07) is 4.21. The Labute approximate surface area is 206 Å². The summed E-state index contributed by atoms with van der Waals surface area (Å²) in [5, 5.41) is 60.4. The number of rotatable bonds is 14. The van der Waals surface area contributed by atoms with Crippen molar-refractivity contribution in [2.75, 3.05) is 6.54 Å². The van der Waals surface area contributed by atoms with Crippen molar-refractivity contribution in [1.29, 1.82) is 0 Å². The Kier molecular flexibility index (Phi) is 14.6. The molecule has 0 unspecified atom stereocenters. The van der Waals surface area contributed by atoms with E-state index in [-0.39, 0.29) is 30.4 Å². The molecule has 190 valence electrons. The summed E-state index contributed by atoms with van der Waals surface area (Å²) in [6.45, 7) is 3.50. The topological polar surface area (TPSA) is 150 Å². The lowest BCUT2D eigenvalue weighted by Gasteiger charge is -2.15. The molecular formula is C27H35NO7. The number of phenolic OH excluding ortho intramolecular Hbond substituents is 2. The van der Waals surface area contributed by atoms with Gasteiger partial charge in [-0.15, -0.1) is 0 Å². The van der Waals surface area contributed by atoms with Gasteiger partial charge in [0, 0.05) is 19.0 Å².